The van der Waals surface area contributed by atoms with Crippen LogP contribution in [0.3, 0.4) is 0 Å². The Labute approximate surface area is 161 Å². The lowest BCUT2D eigenvalue weighted by atomic mass is 10.2. The first-order valence-corrected chi connectivity index (χ1v) is 8.43. The van der Waals surface area contributed by atoms with Crippen LogP contribution in [0.1, 0.15) is 0 Å². The molecule has 7 heteroatoms. The third-order valence-corrected chi connectivity index (χ3v) is 3.80. The number of hydrogen-bond acceptors (Lipinski definition) is 6. The number of aromatic nitrogens is 4. The van der Waals surface area contributed by atoms with E-state index in [1.807, 2.05) is 42.5 Å². The van der Waals surface area contributed by atoms with Gasteiger partial charge in [-0.15, -0.1) is 4.98 Å². The van der Waals surface area contributed by atoms with Crippen LogP contribution in [0.4, 0.5) is 17.3 Å². The number of rotatable bonds is 5. The summed E-state index contributed by atoms with van der Waals surface area (Å²) in [5.41, 5.74) is 2.16. The van der Waals surface area contributed by atoms with E-state index in [1.165, 1.54) is 0 Å². The van der Waals surface area contributed by atoms with Crippen molar-refractivity contribution in [3.8, 4) is 22.9 Å². The summed E-state index contributed by atoms with van der Waals surface area (Å²) in [6, 6.07) is 16.6. The molecule has 0 fully saturated rings. The Kier molecular flexibility index (Phi) is 4.85. The van der Waals surface area contributed by atoms with Crippen LogP contribution in [-0.2, 0) is 0 Å². The molecule has 0 aliphatic carbocycles. The molecule has 0 aliphatic heterocycles. The molecule has 0 saturated heterocycles. The summed E-state index contributed by atoms with van der Waals surface area (Å²) in [6.45, 7) is 7.12. The maximum Gasteiger partial charge on any atom is 0.270 e. The van der Waals surface area contributed by atoms with Crippen LogP contribution >= 0.6 is 0 Å². The van der Waals surface area contributed by atoms with E-state index in [0.29, 0.717) is 23.1 Å². The Morgan fingerprint density at radius 1 is 0.821 bits per heavy atom. The van der Waals surface area contributed by atoms with Gasteiger partial charge in [-0.25, -0.2) is 15.0 Å². The lowest BCUT2D eigenvalue weighted by Crippen LogP contribution is -1.95. The highest BCUT2D eigenvalue weighted by Crippen LogP contribution is 2.31. The molecule has 7 nitrogen and oxygen atoms in total. The van der Waals surface area contributed by atoms with Gasteiger partial charge in [-0.1, -0.05) is 12.6 Å². The summed E-state index contributed by atoms with van der Waals surface area (Å²) in [5, 5.41) is 3.22. The van der Waals surface area contributed by atoms with Crippen molar-refractivity contribution >= 4 is 17.3 Å². The van der Waals surface area contributed by atoms with Gasteiger partial charge in [0.2, 0.25) is 5.88 Å². The van der Waals surface area contributed by atoms with E-state index < -0.39 is 0 Å². The molecule has 0 atom stereocenters. The summed E-state index contributed by atoms with van der Waals surface area (Å²) in [5.74, 6) is 2.03. The Morgan fingerprint density at radius 2 is 1.68 bits per heavy atom. The molecule has 0 spiro atoms. The van der Waals surface area contributed by atoms with Crippen LogP contribution in [0.15, 0.2) is 79.4 Å². The van der Waals surface area contributed by atoms with E-state index in [1.54, 1.807) is 36.9 Å². The predicted octanol–water partition coefficient (Wildman–Crippen LogP) is 5.02. The highest BCUT2D eigenvalue weighted by molar-refractivity contribution is 5.67. The summed E-state index contributed by atoms with van der Waals surface area (Å²) in [7, 11) is 0. The van der Waals surface area contributed by atoms with Gasteiger partial charge in [-0.05, 0) is 48.5 Å². The predicted molar refractivity (Wildman–Crippen MR) is 106 cm³/mol. The van der Waals surface area contributed by atoms with Crippen molar-refractivity contribution in [2.75, 3.05) is 5.32 Å². The van der Waals surface area contributed by atoms with Gasteiger partial charge < -0.3 is 14.9 Å². The lowest BCUT2D eigenvalue weighted by Gasteiger charge is -2.10. The van der Waals surface area contributed by atoms with Crippen LogP contribution in [0.5, 0.6) is 11.6 Å². The third kappa shape index (κ3) is 3.92. The van der Waals surface area contributed by atoms with Crippen LogP contribution < -0.4 is 10.1 Å². The van der Waals surface area contributed by atoms with Crippen molar-refractivity contribution in [3.05, 3.63) is 90.8 Å². The normalized spacial score (nSPS) is 10.1. The molecule has 0 bridgehead atoms. The first-order chi connectivity index (χ1) is 13.8. The molecule has 0 amide bonds. The number of nitrogens with zero attached hydrogens (tertiary/aromatic N) is 5. The number of hydrogen-bond donors (Lipinski definition) is 1. The van der Waals surface area contributed by atoms with E-state index in [2.05, 4.69) is 30.1 Å². The van der Waals surface area contributed by atoms with Crippen LogP contribution in [0, 0.1) is 6.57 Å². The van der Waals surface area contributed by atoms with E-state index in [0.717, 1.165) is 17.1 Å². The second kappa shape index (κ2) is 7.93. The van der Waals surface area contributed by atoms with Crippen LogP contribution in [-0.4, -0.2) is 19.9 Å². The number of nitrogens with one attached hydrogen (secondary N) is 1. The van der Waals surface area contributed by atoms with Crippen molar-refractivity contribution in [1.29, 1.82) is 0 Å². The molecular formula is C21H14N6O. The Hall–Kier alpha value is -4.31. The molecular weight excluding hydrogens is 352 g/mol. The fourth-order valence-electron chi connectivity index (χ4n) is 2.53. The minimum Gasteiger partial charge on any atom is -0.437 e. The van der Waals surface area contributed by atoms with Crippen molar-refractivity contribution in [3.63, 3.8) is 0 Å². The second-order valence-electron chi connectivity index (χ2n) is 5.69. The standard InChI is InChI=1S/C21H14N6O/c1-22-19-14-15(9-11-24-19)20-21(26-13-12-25-20)28-17-7-5-16(6-8-17)27-18-4-2-3-10-23-18/h2-14H,(H,23,27). The molecule has 1 aromatic carbocycles. The molecule has 28 heavy (non-hydrogen) atoms. The zero-order chi connectivity index (χ0) is 19.2. The lowest BCUT2D eigenvalue weighted by molar-refractivity contribution is 0.462. The third-order valence-electron chi connectivity index (χ3n) is 3.80. The van der Waals surface area contributed by atoms with Crippen molar-refractivity contribution < 1.29 is 4.74 Å². The fraction of sp³-hybridized carbons (Fsp3) is 0. The van der Waals surface area contributed by atoms with Gasteiger partial charge in [0, 0.05) is 29.8 Å². The smallest absolute Gasteiger partial charge is 0.270 e. The van der Waals surface area contributed by atoms with Gasteiger partial charge in [-0.2, -0.15) is 0 Å². The largest absolute Gasteiger partial charge is 0.437 e. The first kappa shape index (κ1) is 17.1. The number of anilines is 2. The molecule has 0 saturated carbocycles. The zero-order valence-corrected chi connectivity index (χ0v) is 14.6. The monoisotopic (exact) mass is 366 g/mol. The first-order valence-electron chi connectivity index (χ1n) is 8.43. The quantitative estimate of drug-likeness (QED) is 0.500. The second-order valence-corrected chi connectivity index (χ2v) is 5.69. The molecule has 4 aromatic rings. The van der Waals surface area contributed by atoms with Crippen molar-refractivity contribution in [2.24, 2.45) is 0 Å². The Balaban J connectivity index is 1.56. The number of benzene rings is 1. The zero-order valence-electron chi connectivity index (χ0n) is 14.6. The number of ether oxygens (including phenoxy) is 1. The molecule has 4 rings (SSSR count). The summed E-state index contributed by atoms with van der Waals surface area (Å²) in [6.07, 6.45) is 6.44. The minimum atomic E-state index is 0.291. The molecule has 0 unspecified atom stereocenters. The highest BCUT2D eigenvalue weighted by Gasteiger charge is 2.11. The number of pyridine rings is 2. The molecule has 1 N–H and O–H groups in total. The summed E-state index contributed by atoms with van der Waals surface area (Å²) < 4.78 is 5.93. The maximum absolute atomic E-state index is 7.12. The summed E-state index contributed by atoms with van der Waals surface area (Å²) in [4.78, 5) is 20.2. The van der Waals surface area contributed by atoms with Gasteiger partial charge in [0.25, 0.3) is 5.82 Å². The molecule has 0 radical (unpaired) electrons. The Morgan fingerprint density at radius 3 is 2.46 bits per heavy atom. The molecule has 0 aliphatic rings. The van der Waals surface area contributed by atoms with Crippen LogP contribution in [0.25, 0.3) is 16.1 Å². The molecule has 3 heterocycles. The van der Waals surface area contributed by atoms with Gasteiger partial charge in [0.1, 0.15) is 23.5 Å². The van der Waals surface area contributed by atoms with Crippen LogP contribution in [0.2, 0.25) is 0 Å². The van der Waals surface area contributed by atoms with E-state index >= 15 is 0 Å². The molecule has 134 valence electrons. The summed E-state index contributed by atoms with van der Waals surface area (Å²) >= 11 is 0. The topological polar surface area (TPSA) is 77.2 Å². The maximum atomic E-state index is 7.12. The van der Waals surface area contributed by atoms with Gasteiger partial charge in [0.15, 0.2) is 0 Å². The van der Waals surface area contributed by atoms with Gasteiger partial charge in [-0.3, -0.25) is 0 Å². The fourth-order valence-corrected chi connectivity index (χ4v) is 2.53. The van der Waals surface area contributed by atoms with Gasteiger partial charge >= 0.3 is 0 Å². The molecule has 3 aromatic heterocycles. The van der Waals surface area contributed by atoms with Crippen molar-refractivity contribution in [1.82, 2.24) is 19.9 Å². The van der Waals surface area contributed by atoms with E-state index in [4.69, 9.17) is 11.3 Å². The average Bonchev–Trinajstić information content (AvgIpc) is 2.76. The average molecular weight is 366 g/mol. The van der Waals surface area contributed by atoms with E-state index in [9.17, 15) is 0 Å². The van der Waals surface area contributed by atoms with E-state index in [-0.39, 0.29) is 0 Å². The van der Waals surface area contributed by atoms with Crippen molar-refractivity contribution in [2.45, 2.75) is 0 Å². The Bertz CT molecular complexity index is 1120. The highest BCUT2D eigenvalue weighted by atomic mass is 16.5. The van der Waals surface area contributed by atoms with Gasteiger partial charge in [0.05, 0.1) is 0 Å². The SMILES string of the molecule is [C-]#[N+]c1cc(-c2nccnc2Oc2ccc(Nc3ccccn3)cc2)ccn1. The minimum absolute atomic E-state index is 0.291.